The van der Waals surface area contributed by atoms with Gasteiger partial charge in [0.25, 0.3) is 0 Å². The first-order valence-electron chi connectivity index (χ1n) is 7.64. The van der Waals surface area contributed by atoms with Gasteiger partial charge in [0.2, 0.25) is 0 Å². The second-order valence-electron chi connectivity index (χ2n) is 6.01. The van der Waals surface area contributed by atoms with Crippen molar-refractivity contribution in [2.45, 2.75) is 46.1 Å². The van der Waals surface area contributed by atoms with E-state index >= 15 is 0 Å². The molecule has 18 heavy (non-hydrogen) atoms. The number of morpholine rings is 1. The molecule has 1 aliphatic heterocycles. The van der Waals surface area contributed by atoms with E-state index < -0.39 is 0 Å². The molecule has 0 unspecified atom stereocenters. The SMILES string of the molecule is CCN(C)CC[C@@H]1CN(CCCC(C)C)CCO1. The minimum absolute atomic E-state index is 0.451. The summed E-state index contributed by atoms with van der Waals surface area (Å²) in [5.41, 5.74) is 0. The smallest absolute Gasteiger partial charge is 0.0714 e. The summed E-state index contributed by atoms with van der Waals surface area (Å²) in [7, 11) is 2.18. The maximum absolute atomic E-state index is 5.86. The third kappa shape index (κ3) is 6.72. The summed E-state index contributed by atoms with van der Waals surface area (Å²) in [5.74, 6) is 0.833. The molecule has 0 aromatic carbocycles. The molecule has 0 spiro atoms. The van der Waals surface area contributed by atoms with Crippen molar-refractivity contribution in [1.82, 2.24) is 9.80 Å². The highest BCUT2D eigenvalue weighted by atomic mass is 16.5. The zero-order valence-corrected chi connectivity index (χ0v) is 12.8. The summed E-state index contributed by atoms with van der Waals surface area (Å²) in [6, 6.07) is 0. The van der Waals surface area contributed by atoms with E-state index in [1.165, 1.54) is 25.8 Å². The Bertz CT molecular complexity index is 209. The van der Waals surface area contributed by atoms with E-state index in [9.17, 15) is 0 Å². The standard InChI is InChI=1S/C15H32N2O/c1-5-16(4)10-8-15-13-17(11-12-18-15)9-6-7-14(2)3/h14-15H,5-13H2,1-4H3/t15-/m1/s1. The van der Waals surface area contributed by atoms with Crippen LogP contribution in [-0.2, 0) is 4.74 Å². The Balaban J connectivity index is 2.15. The molecule has 0 bridgehead atoms. The number of hydrogen-bond donors (Lipinski definition) is 0. The van der Waals surface area contributed by atoms with Crippen LogP contribution < -0.4 is 0 Å². The van der Waals surface area contributed by atoms with E-state index in [1.807, 2.05) is 0 Å². The Hall–Kier alpha value is -0.120. The summed E-state index contributed by atoms with van der Waals surface area (Å²) in [6.07, 6.45) is 4.30. The highest BCUT2D eigenvalue weighted by Gasteiger charge is 2.20. The van der Waals surface area contributed by atoms with E-state index in [1.54, 1.807) is 0 Å². The molecule has 3 heteroatoms. The Labute approximate surface area is 113 Å². The molecular weight excluding hydrogens is 224 g/mol. The molecule has 1 saturated heterocycles. The zero-order chi connectivity index (χ0) is 13.4. The molecule has 1 aliphatic rings. The molecule has 1 heterocycles. The molecule has 1 atom stereocenters. The van der Waals surface area contributed by atoms with Crippen molar-refractivity contribution in [3.8, 4) is 0 Å². The summed E-state index contributed by atoms with van der Waals surface area (Å²) in [5, 5.41) is 0. The quantitative estimate of drug-likeness (QED) is 0.663. The van der Waals surface area contributed by atoms with Crippen LogP contribution in [0.5, 0.6) is 0 Å². The second kappa shape index (κ2) is 8.89. The monoisotopic (exact) mass is 256 g/mol. The molecule has 0 radical (unpaired) electrons. The average Bonchev–Trinajstić information content (AvgIpc) is 2.36. The molecular formula is C15H32N2O. The van der Waals surface area contributed by atoms with Crippen LogP contribution in [0.3, 0.4) is 0 Å². The van der Waals surface area contributed by atoms with Gasteiger partial charge in [0.05, 0.1) is 12.7 Å². The summed E-state index contributed by atoms with van der Waals surface area (Å²) < 4.78 is 5.86. The maximum Gasteiger partial charge on any atom is 0.0714 e. The van der Waals surface area contributed by atoms with Gasteiger partial charge >= 0.3 is 0 Å². The minimum atomic E-state index is 0.451. The van der Waals surface area contributed by atoms with Gasteiger partial charge in [-0.05, 0) is 45.3 Å². The van der Waals surface area contributed by atoms with Crippen LogP contribution in [0, 0.1) is 5.92 Å². The van der Waals surface area contributed by atoms with Crippen LogP contribution >= 0.6 is 0 Å². The van der Waals surface area contributed by atoms with Crippen LogP contribution in [0.4, 0.5) is 0 Å². The van der Waals surface area contributed by atoms with Gasteiger partial charge in [-0.15, -0.1) is 0 Å². The van der Waals surface area contributed by atoms with Crippen molar-refractivity contribution < 1.29 is 4.74 Å². The van der Waals surface area contributed by atoms with E-state index in [2.05, 4.69) is 37.6 Å². The van der Waals surface area contributed by atoms with Gasteiger partial charge in [0.1, 0.15) is 0 Å². The molecule has 108 valence electrons. The Morgan fingerprint density at radius 1 is 1.39 bits per heavy atom. The lowest BCUT2D eigenvalue weighted by molar-refractivity contribution is -0.0352. The van der Waals surface area contributed by atoms with Crippen molar-refractivity contribution in [2.24, 2.45) is 5.92 Å². The summed E-state index contributed by atoms with van der Waals surface area (Å²) in [4.78, 5) is 4.95. The lowest BCUT2D eigenvalue weighted by atomic mass is 10.1. The van der Waals surface area contributed by atoms with Crippen LogP contribution in [0.15, 0.2) is 0 Å². The van der Waals surface area contributed by atoms with Gasteiger partial charge in [0, 0.05) is 19.6 Å². The number of rotatable bonds is 8. The lowest BCUT2D eigenvalue weighted by Crippen LogP contribution is -2.43. The van der Waals surface area contributed by atoms with Crippen LogP contribution in [0.2, 0.25) is 0 Å². The largest absolute Gasteiger partial charge is 0.376 e. The normalized spacial score (nSPS) is 22.0. The first-order chi connectivity index (χ1) is 8.61. The minimum Gasteiger partial charge on any atom is -0.376 e. The number of nitrogens with zero attached hydrogens (tertiary/aromatic N) is 2. The van der Waals surface area contributed by atoms with Crippen molar-refractivity contribution in [2.75, 3.05) is 46.4 Å². The van der Waals surface area contributed by atoms with Crippen LogP contribution in [0.25, 0.3) is 0 Å². The molecule has 1 rings (SSSR count). The highest BCUT2D eigenvalue weighted by Crippen LogP contribution is 2.11. The van der Waals surface area contributed by atoms with Gasteiger partial charge in [-0.25, -0.2) is 0 Å². The topological polar surface area (TPSA) is 15.7 Å². The Morgan fingerprint density at radius 3 is 2.83 bits per heavy atom. The molecule has 1 fully saturated rings. The average molecular weight is 256 g/mol. The maximum atomic E-state index is 5.86. The third-order valence-corrected chi connectivity index (χ3v) is 3.85. The first kappa shape index (κ1) is 15.9. The van der Waals surface area contributed by atoms with Crippen molar-refractivity contribution in [1.29, 1.82) is 0 Å². The van der Waals surface area contributed by atoms with Gasteiger partial charge in [-0.3, -0.25) is 4.90 Å². The zero-order valence-electron chi connectivity index (χ0n) is 12.8. The van der Waals surface area contributed by atoms with Crippen LogP contribution in [-0.4, -0.2) is 62.3 Å². The van der Waals surface area contributed by atoms with Crippen LogP contribution in [0.1, 0.15) is 40.0 Å². The number of ether oxygens (including phenoxy) is 1. The fourth-order valence-corrected chi connectivity index (χ4v) is 2.40. The molecule has 0 aliphatic carbocycles. The fraction of sp³-hybridized carbons (Fsp3) is 1.00. The molecule has 0 aromatic rings. The molecule has 0 aromatic heterocycles. The molecule has 0 amide bonds. The number of hydrogen-bond acceptors (Lipinski definition) is 3. The van der Waals surface area contributed by atoms with E-state index in [-0.39, 0.29) is 0 Å². The van der Waals surface area contributed by atoms with E-state index in [0.29, 0.717) is 6.10 Å². The van der Waals surface area contributed by atoms with E-state index in [0.717, 1.165) is 38.7 Å². The second-order valence-corrected chi connectivity index (χ2v) is 6.01. The van der Waals surface area contributed by atoms with Gasteiger partial charge in [0.15, 0.2) is 0 Å². The van der Waals surface area contributed by atoms with Crippen molar-refractivity contribution in [3.63, 3.8) is 0 Å². The first-order valence-corrected chi connectivity index (χ1v) is 7.64. The molecule has 3 nitrogen and oxygen atoms in total. The van der Waals surface area contributed by atoms with Gasteiger partial charge in [-0.1, -0.05) is 20.8 Å². The van der Waals surface area contributed by atoms with E-state index in [4.69, 9.17) is 4.74 Å². The predicted octanol–water partition coefficient (Wildman–Crippen LogP) is 2.47. The molecule has 0 N–H and O–H groups in total. The van der Waals surface area contributed by atoms with Crippen molar-refractivity contribution >= 4 is 0 Å². The highest BCUT2D eigenvalue weighted by molar-refractivity contribution is 4.72. The van der Waals surface area contributed by atoms with Crippen molar-refractivity contribution in [3.05, 3.63) is 0 Å². The van der Waals surface area contributed by atoms with Gasteiger partial charge < -0.3 is 9.64 Å². The lowest BCUT2D eigenvalue weighted by Gasteiger charge is -2.33. The Kier molecular flexibility index (Phi) is 7.87. The predicted molar refractivity (Wildman–Crippen MR) is 78.0 cm³/mol. The fourth-order valence-electron chi connectivity index (χ4n) is 2.40. The summed E-state index contributed by atoms with van der Waals surface area (Å²) >= 11 is 0. The third-order valence-electron chi connectivity index (χ3n) is 3.85. The summed E-state index contributed by atoms with van der Waals surface area (Å²) in [6.45, 7) is 13.5. The Morgan fingerprint density at radius 2 is 2.17 bits per heavy atom. The molecule has 0 saturated carbocycles. The van der Waals surface area contributed by atoms with Gasteiger partial charge in [-0.2, -0.15) is 0 Å².